The maximum atomic E-state index is 13.0. The lowest BCUT2D eigenvalue weighted by Gasteiger charge is -2.28. The van der Waals surface area contributed by atoms with Crippen LogP contribution >= 0.6 is 0 Å². The van der Waals surface area contributed by atoms with Crippen molar-refractivity contribution in [2.75, 3.05) is 19.6 Å². The Labute approximate surface area is 174 Å². The van der Waals surface area contributed by atoms with Crippen LogP contribution in [0.1, 0.15) is 37.7 Å². The van der Waals surface area contributed by atoms with Gasteiger partial charge in [-0.15, -0.1) is 0 Å². The van der Waals surface area contributed by atoms with Crippen molar-refractivity contribution in [1.82, 2.24) is 18.9 Å². The summed E-state index contributed by atoms with van der Waals surface area (Å²) >= 11 is 0. The van der Waals surface area contributed by atoms with Gasteiger partial charge >= 0.3 is 5.69 Å². The molecular formula is C22H28N4O4. The third kappa shape index (κ3) is 3.44. The van der Waals surface area contributed by atoms with Crippen LogP contribution in [0, 0.1) is 6.92 Å². The van der Waals surface area contributed by atoms with Gasteiger partial charge in [-0.25, -0.2) is 4.79 Å². The Morgan fingerprint density at radius 1 is 1.07 bits per heavy atom. The van der Waals surface area contributed by atoms with Gasteiger partial charge in [-0.1, -0.05) is 12.1 Å². The first-order valence-electron chi connectivity index (χ1n) is 10.7. The molecule has 1 aromatic heterocycles. The van der Waals surface area contributed by atoms with Crippen molar-refractivity contribution in [3.8, 4) is 0 Å². The minimum absolute atomic E-state index is 0.00966. The predicted octanol–water partition coefficient (Wildman–Crippen LogP) is 1.01. The van der Waals surface area contributed by atoms with E-state index in [0.29, 0.717) is 23.9 Å². The van der Waals surface area contributed by atoms with Crippen molar-refractivity contribution in [2.24, 2.45) is 7.05 Å². The van der Waals surface area contributed by atoms with Crippen LogP contribution in [-0.2, 0) is 23.2 Å². The molecule has 4 rings (SSSR count). The molecule has 2 aliphatic heterocycles. The lowest BCUT2D eigenvalue weighted by atomic mass is 10.1. The summed E-state index contributed by atoms with van der Waals surface area (Å²) in [6.07, 6.45) is 3.53. The molecular weight excluding hydrogens is 384 g/mol. The molecule has 0 radical (unpaired) electrons. The van der Waals surface area contributed by atoms with E-state index in [1.807, 2.05) is 24.0 Å². The summed E-state index contributed by atoms with van der Waals surface area (Å²) < 4.78 is 2.59. The van der Waals surface area contributed by atoms with Gasteiger partial charge < -0.3 is 9.80 Å². The number of hydrogen-bond donors (Lipinski definition) is 0. The highest BCUT2D eigenvalue weighted by molar-refractivity contribution is 5.88. The smallest absolute Gasteiger partial charge is 0.331 e. The van der Waals surface area contributed by atoms with E-state index in [9.17, 15) is 19.2 Å². The van der Waals surface area contributed by atoms with Crippen molar-refractivity contribution in [3.05, 3.63) is 44.6 Å². The normalized spacial score (nSPS) is 19.1. The SMILES string of the molecule is Cc1cccc2c1c(=O)n(CCC(=O)N1CCC[C@H]1C(=O)N1CCCC1)c(=O)n2C. The Morgan fingerprint density at radius 2 is 1.80 bits per heavy atom. The molecule has 1 atom stereocenters. The topological polar surface area (TPSA) is 84.6 Å². The zero-order valence-corrected chi connectivity index (χ0v) is 17.6. The highest BCUT2D eigenvalue weighted by Gasteiger charge is 2.36. The molecule has 1 aromatic carbocycles. The first-order valence-corrected chi connectivity index (χ1v) is 10.7. The number of fused-ring (bicyclic) bond motifs is 1. The molecule has 0 aliphatic carbocycles. The average Bonchev–Trinajstić information content (AvgIpc) is 3.43. The number of aryl methyl sites for hydroxylation is 2. The van der Waals surface area contributed by atoms with Gasteiger partial charge in [0.15, 0.2) is 0 Å². The van der Waals surface area contributed by atoms with E-state index < -0.39 is 11.7 Å². The Balaban J connectivity index is 1.55. The number of carbonyl (C=O) groups is 2. The molecule has 2 aliphatic rings. The fourth-order valence-electron chi connectivity index (χ4n) is 4.73. The molecule has 0 N–H and O–H groups in total. The zero-order chi connectivity index (χ0) is 21.4. The fraction of sp³-hybridized carbons (Fsp3) is 0.545. The van der Waals surface area contributed by atoms with Gasteiger partial charge in [0, 0.05) is 39.6 Å². The second kappa shape index (κ2) is 8.08. The van der Waals surface area contributed by atoms with Gasteiger partial charge in [-0.3, -0.25) is 23.5 Å². The number of nitrogens with zero attached hydrogens (tertiary/aromatic N) is 4. The maximum Gasteiger partial charge on any atom is 0.331 e. The van der Waals surface area contributed by atoms with Crippen molar-refractivity contribution in [1.29, 1.82) is 0 Å². The molecule has 30 heavy (non-hydrogen) atoms. The second-order valence-corrected chi connectivity index (χ2v) is 8.29. The molecule has 160 valence electrons. The summed E-state index contributed by atoms with van der Waals surface area (Å²) in [5.74, 6) is -0.142. The zero-order valence-electron chi connectivity index (χ0n) is 17.6. The third-order valence-corrected chi connectivity index (χ3v) is 6.41. The number of amides is 2. The van der Waals surface area contributed by atoms with Gasteiger partial charge in [0.1, 0.15) is 6.04 Å². The van der Waals surface area contributed by atoms with Crippen LogP contribution in [0.4, 0.5) is 0 Å². The van der Waals surface area contributed by atoms with Crippen molar-refractivity contribution < 1.29 is 9.59 Å². The van der Waals surface area contributed by atoms with E-state index in [1.54, 1.807) is 18.0 Å². The van der Waals surface area contributed by atoms with Crippen molar-refractivity contribution in [3.63, 3.8) is 0 Å². The molecule has 8 heteroatoms. The van der Waals surface area contributed by atoms with E-state index in [4.69, 9.17) is 0 Å². The van der Waals surface area contributed by atoms with E-state index in [0.717, 1.165) is 42.5 Å². The Morgan fingerprint density at radius 3 is 2.53 bits per heavy atom. The van der Waals surface area contributed by atoms with Crippen molar-refractivity contribution in [2.45, 2.75) is 51.6 Å². The third-order valence-electron chi connectivity index (χ3n) is 6.41. The van der Waals surface area contributed by atoms with E-state index in [-0.39, 0.29) is 30.3 Å². The highest BCUT2D eigenvalue weighted by Crippen LogP contribution is 2.22. The molecule has 3 heterocycles. The van der Waals surface area contributed by atoms with Gasteiger partial charge in [0.2, 0.25) is 11.8 Å². The van der Waals surface area contributed by atoms with E-state index >= 15 is 0 Å². The molecule has 8 nitrogen and oxygen atoms in total. The molecule has 0 unspecified atom stereocenters. The summed E-state index contributed by atoms with van der Waals surface area (Å²) in [6, 6.07) is 4.99. The van der Waals surface area contributed by atoms with Gasteiger partial charge in [0.05, 0.1) is 10.9 Å². The van der Waals surface area contributed by atoms with Gasteiger partial charge in [-0.05, 0) is 44.2 Å². The first-order chi connectivity index (χ1) is 14.4. The summed E-state index contributed by atoms with van der Waals surface area (Å²) in [5.41, 5.74) is 0.578. The molecule has 2 amide bonds. The second-order valence-electron chi connectivity index (χ2n) is 8.29. The first kappa shape index (κ1) is 20.4. The number of rotatable bonds is 4. The summed E-state index contributed by atoms with van der Waals surface area (Å²) in [4.78, 5) is 54.9. The van der Waals surface area contributed by atoms with Crippen LogP contribution in [0.3, 0.4) is 0 Å². The lowest BCUT2D eigenvalue weighted by molar-refractivity contribution is -0.143. The monoisotopic (exact) mass is 412 g/mol. The van der Waals surface area contributed by atoms with Crippen LogP contribution in [0.2, 0.25) is 0 Å². The van der Waals surface area contributed by atoms with Crippen LogP contribution in [0.25, 0.3) is 10.9 Å². The average molecular weight is 412 g/mol. The minimum atomic E-state index is -0.433. The predicted molar refractivity (Wildman–Crippen MR) is 113 cm³/mol. The standard InChI is InChI=1S/C22H28N4O4/c1-15-7-5-8-16-19(15)21(29)26(22(30)23(16)2)14-10-18(27)25-13-6-9-17(25)20(28)24-11-3-4-12-24/h5,7-8,17H,3-4,6,9-14H2,1-2H3/t17-/m0/s1. The molecule has 0 saturated carbocycles. The van der Waals surface area contributed by atoms with Crippen LogP contribution < -0.4 is 11.2 Å². The Bertz CT molecular complexity index is 1110. The Kier molecular flexibility index (Phi) is 5.49. The quantitative estimate of drug-likeness (QED) is 0.750. The Hall–Kier alpha value is -2.90. The number of hydrogen-bond acceptors (Lipinski definition) is 4. The molecule has 0 bridgehead atoms. The molecule has 2 saturated heterocycles. The number of benzene rings is 1. The fourth-order valence-corrected chi connectivity index (χ4v) is 4.73. The summed E-state index contributed by atoms with van der Waals surface area (Å²) in [6.45, 7) is 3.92. The summed E-state index contributed by atoms with van der Waals surface area (Å²) in [5, 5.41) is 0.496. The van der Waals surface area contributed by atoms with E-state index in [2.05, 4.69) is 0 Å². The number of aromatic nitrogens is 2. The van der Waals surface area contributed by atoms with Crippen LogP contribution in [0.15, 0.2) is 27.8 Å². The summed E-state index contributed by atoms with van der Waals surface area (Å²) in [7, 11) is 1.63. The maximum absolute atomic E-state index is 13.0. The highest BCUT2D eigenvalue weighted by atomic mass is 16.2. The van der Waals surface area contributed by atoms with Gasteiger partial charge in [0.25, 0.3) is 5.56 Å². The van der Waals surface area contributed by atoms with Crippen LogP contribution in [-0.4, -0.2) is 56.4 Å². The van der Waals surface area contributed by atoms with Crippen molar-refractivity contribution >= 4 is 22.7 Å². The van der Waals surface area contributed by atoms with E-state index in [1.165, 1.54) is 4.57 Å². The van der Waals surface area contributed by atoms with Crippen LogP contribution in [0.5, 0.6) is 0 Å². The number of likely N-dealkylation sites (tertiary alicyclic amines) is 2. The molecule has 2 aromatic rings. The minimum Gasteiger partial charge on any atom is -0.341 e. The molecule has 0 spiro atoms. The largest absolute Gasteiger partial charge is 0.341 e. The number of carbonyl (C=O) groups excluding carboxylic acids is 2. The lowest BCUT2D eigenvalue weighted by Crippen LogP contribution is -2.47. The molecule has 2 fully saturated rings. The van der Waals surface area contributed by atoms with Gasteiger partial charge in [-0.2, -0.15) is 0 Å².